The summed E-state index contributed by atoms with van der Waals surface area (Å²) in [4.78, 5) is 49.3. The first-order valence-corrected chi connectivity index (χ1v) is 20.1. The zero-order chi connectivity index (χ0) is 35.1. The molecule has 0 aliphatic heterocycles. The molecular weight excluding hydrogens is 602 g/mol. The SMILES string of the molecule is CCCCCCCCC(CCCCCCCC)OC(=O)CCCCCCCN(CCCCCCCC=O)CCNc1c(NC)c(=O)c1=O. The van der Waals surface area contributed by atoms with Gasteiger partial charge in [-0.1, -0.05) is 117 Å². The van der Waals surface area contributed by atoms with Gasteiger partial charge in [-0.15, -0.1) is 0 Å². The van der Waals surface area contributed by atoms with Crippen LogP contribution in [0.3, 0.4) is 0 Å². The van der Waals surface area contributed by atoms with Crippen LogP contribution >= 0.6 is 0 Å². The van der Waals surface area contributed by atoms with Crippen LogP contribution in [0, 0.1) is 0 Å². The van der Waals surface area contributed by atoms with Gasteiger partial charge in [0.25, 0.3) is 10.9 Å². The maximum Gasteiger partial charge on any atom is 0.306 e. The van der Waals surface area contributed by atoms with Gasteiger partial charge in [-0.2, -0.15) is 0 Å². The minimum Gasteiger partial charge on any atom is -0.462 e. The number of ether oxygens (including phenoxy) is 1. The molecule has 0 spiro atoms. The molecule has 0 saturated heterocycles. The summed E-state index contributed by atoms with van der Waals surface area (Å²) < 4.78 is 6.02. The van der Waals surface area contributed by atoms with Crippen molar-refractivity contribution in [2.75, 3.05) is 43.9 Å². The Morgan fingerprint density at radius 3 is 1.67 bits per heavy atom. The number of hydrogen-bond acceptors (Lipinski definition) is 8. The molecule has 0 unspecified atom stereocenters. The maximum atomic E-state index is 12.7. The molecule has 8 nitrogen and oxygen atoms in total. The Labute approximate surface area is 293 Å². The molecule has 0 amide bonds. The average molecular weight is 676 g/mol. The quantitative estimate of drug-likeness (QED) is 0.0314. The van der Waals surface area contributed by atoms with E-state index in [0.29, 0.717) is 30.8 Å². The molecule has 0 atom stereocenters. The van der Waals surface area contributed by atoms with Crippen LogP contribution in [-0.2, 0) is 14.3 Å². The highest BCUT2D eigenvalue weighted by molar-refractivity contribution is 5.73. The van der Waals surface area contributed by atoms with Gasteiger partial charge < -0.3 is 25.1 Å². The fourth-order valence-electron chi connectivity index (χ4n) is 6.51. The van der Waals surface area contributed by atoms with Crippen molar-refractivity contribution in [1.29, 1.82) is 0 Å². The summed E-state index contributed by atoms with van der Waals surface area (Å²) in [6.07, 6.45) is 30.3. The topological polar surface area (TPSA) is 105 Å². The summed E-state index contributed by atoms with van der Waals surface area (Å²) in [5.74, 6) is -0.00927. The van der Waals surface area contributed by atoms with E-state index in [1.54, 1.807) is 7.05 Å². The van der Waals surface area contributed by atoms with Crippen LogP contribution in [0.15, 0.2) is 9.59 Å². The Morgan fingerprint density at radius 2 is 1.12 bits per heavy atom. The number of nitrogens with zero attached hydrogens (tertiary/aromatic N) is 1. The predicted octanol–water partition coefficient (Wildman–Crippen LogP) is 9.33. The maximum absolute atomic E-state index is 12.7. The van der Waals surface area contributed by atoms with E-state index in [1.165, 1.54) is 77.0 Å². The normalized spacial score (nSPS) is 11.5. The van der Waals surface area contributed by atoms with Crippen molar-refractivity contribution >= 4 is 23.6 Å². The van der Waals surface area contributed by atoms with Gasteiger partial charge in [0.15, 0.2) is 0 Å². The molecule has 278 valence electrons. The van der Waals surface area contributed by atoms with Gasteiger partial charge in [-0.05, 0) is 64.5 Å². The third-order valence-corrected chi connectivity index (χ3v) is 9.60. The number of hydrogen-bond donors (Lipinski definition) is 2. The van der Waals surface area contributed by atoms with Crippen molar-refractivity contribution < 1.29 is 14.3 Å². The van der Waals surface area contributed by atoms with Crippen LogP contribution in [0.1, 0.15) is 181 Å². The lowest BCUT2D eigenvalue weighted by atomic mass is 10.0. The number of unbranched alkanes of at least 4 members (excludes halogenated alkanes) is 19. The number of anilines is 2. The third-order valence-electron chi connectivity index (χ3n) is 9.60. The summed E-state index contributed by atoms with van der Waals surface area (Å²) in [6, 6.07) is 0. The molecule has 1 aromatic carbocycles. The summed E-state index contributed by atoms with van der Waals surface area (Å²) in [5.41, 5.74) is -0.0822. The highest BCUT2D eigenvalue weighted by atomic mass is 16.5. The number of rotatable bonds is 36. The lowest BCUT2D eigenvalue weighted by Gasteiger charge is -2.23. The first-order chi connectivity index (χ1) is 23.5. The highest BCUT2D eigenvalue weighted by Crippen LogP contribution is 2.19. The van der Waals surface area contributed by atoms with Gasteiger partial charge in [0.05, 0.1) is 0 Å². The molecule has 0 aliphatic carbocycles. The molecule has 0 heterocycles. The van der Waals surface area contributed by atoms with Crippen molar-refractivity contribution in [3.63, 3.8) is 0 Å². The number of nitrogens with one attached hydrogen (secondary N) is 2. The fourth-order valence-corrected chi connectivity index (χ4v) is 6.51. The van der Waals surface area contributed by atoms with Gasteiger partial charge in [0, 0.05) is 33.0 Å². The van der Waals surface area contributed by atoms with Crippen molar-refractivity contribution in [1.82, 2.24) is 4.90 Å². The van der Waals surface area contributed by atoms with Crippen LogP contribution in [0.2, 0.25) is 0 Å². The van der Waals surface area contributed by atoms with Gasteiger partial charge >= 0.3 is 5.97 Å². The number of carbonyl (C=O) groups is 2. The molecule has 8 heteroatoms. The average Bonchev–Trinajstić information content (AvgIpc) is 3.09. The molecule has 0 bridgehead atoms. The number of aldehydes is 1. The Bertz CT molecular complexity index is 974. The molecule has 2 N–H and O–H groups in total. The molecule has 0 fully saturated rings. The third kappa shape index (κ3) is 21.7. The zero-order valence-electron chi connectivity index (χ0n) is 31.4. The van der Waals surface area contributed by atoms with E-state index in [1.807, 2.05) is 0 Å². The highest BCUT2D eigenvalue weighted by Gasteiger charge is 2.19. The minimum absolute atomic E-state index is 0.00927. The second-order valence-corrected chi connectivity index (χ2v) is 13.9. The molecule has 0 aliphatic rings. The lowest BCUT2D eigenvalue weighted by Crippen LogP contribution is -2.38. The van der Waals surface area contributed by atoms with Crippen LogP contribution < -0.4 is 21.5 Å². The Balaban J connectivity index is 2.35. The van der Waals surface area contributed by atoms with Gasteiger partial charge in [0.1, 0.15) is 23.8 Å². The van der Waals surface area contributed by atoms with Gasteiger partial charge in [-0.3, -0.25) is 14.4 Å². The molecular formula is C40H73N3O5. The van der Waals surface area contributed by atoms with E-state index < -0.39 is 10.9 Å². The summed E-state index contributed by atoms with van der Waals surface area (Å²) in [7, 11) is 1.66. The molecule has 1 rings (SSSR count). The van der Waals surface area contributed by atoms with Crippen LogP contribution in [0.25, 0.3) is 0 Å². The minimum atomic E-state index is -0.444. The van der Waals surface area contributed by atoms with Gasteiger partial charge in [0.2, 0.25) is 0 Å². The predicted molar refractivity (Wildman–Crippen MR) is 203 cm³/mol. The molecule has 0 radical (unpaired) electrons. The van der Waals surface area contributed by atoms with Crippen LogP contribution in [0.5, 0.6) is 0 Å². The van der Waals surface area contributed by atoms with E-state index >= 15 is 0 Å². The monoisotopic (exact) mass is 676 g/mol. The fraction of sp³-hybridized carbons (Fsp3) is 0.850. The molecule has 1 aromatic rings. The van der Waals surface area contributed by atoms with E-state index in [4.69, 9.17) is 4.74 Å². The van der Waals surface area contributed by atoms with E-state index in [9.17, 15) is 19.2 Å². The molecule has 0 saturated carbocycles. The first kappa shape index (κ1) is 43.8. The Morgan fingerprint density at radius 1 is 0.646 bits per heavy atom. The molecule has 0 aromatic heterocycles. The number of carbonyl (C=O) groups excluding carboxylic acids is 2. The van der Waals surface area contributed by atoms with E-state index in [0.717, 1.165) is 103 Å². The summed E-state index contributed by atoms with van der Waals surface area (Å²) in [6.45, 7) is 7.95. The molecule has 48 heavy (non-hydrogen) atoms. The van der Waals surface area contributed by atoms with Crippen molar-refractivity contribution in [3.8, 4) is 0 Å². The van der Waals surface area contributed by atoms with Crippen LogP contribution in [0.4, 0.5) is 11.4 Å². The number of esters is 1. The Kier molecular flexibility index (Phi) is 28.1. The van der Waals surface area contributed by atoms with Crippen molar-refractivity contribution in [2.45, 2.75) is 187 Å². The second-order valence-electron chi connectivity index (χ2n) is 13.9. The van der Waals surface area contributed by atoms with E-state index in [2.05, 4.69) is 29.4 Å². The summed E-state index contributed by atoms with van der Waals surface area (Å²) >= 11 is 0. The first-order valence-electron chi connectivity index (χ1n) is 20.1. The van der Waals surface area contributed by atoms with E-state index in [-0.39, 0.29) is 12.1 Å². The zero-order valence-corrected chi connectivity index (χ0v) is 31.4. The Hall–Kier alpha value is -2.22. The standard InChI is InChI=1S/C40H73N3O5/c1-4-6-8-10-15-21-27-35(28-22-16-11-9-7-5-2)48-36(45)29-23-17-14-19-25-32-43(31-24-18-12-13-20-26-34-44)33-30-42-38-37(41-3)39(46)40(38)47/h34-35,41-42H,4-33H2,1-3H3. The summed E-state index contributed by atoms with van der Waals surface area (Å²) in [5, 5.41) is 5.99. The smallest absolute Gasteiger partial charge is 0.306 e. The van der Waals surface area contributed by atoms with Crippen molar-refractivity contribution in [2.24, 2.45) is 0 Å². The largest absolute Gasteiger partial charge is 0.462 e. The lowest BCUT2D eigenvalue weighted by molar-refractivity contribution is -0.150. The second kappa shape index (κ2) is 30.8. The van der Waals surface area contributed by atoms with Crippen LogP contribution in [-0.4, -0.2) is 56.5 Å². The van der Waals surface area contributed by atoms with Crippen molar-refractivity contribution in [3.05, 3.63) is 20.4 Å². The van der Waals surface area contributed by atoms with Gasteiger partial charge in [-0.25, -0.2) is 0 Å².